The first-order chi connectivity index (χ1) is 14.1. The van der Waals surface area contributed by atoms with Crippen LogP contribution in [0.1, 0.15) is 25.3 Å². The van der Waals surface area contributed by atoms with Gasteiger partial charge >= 0.3 is 0 Å². The van der Waals surface area contributed by atoms with Crippen molar-refractivity contribution in [3.63, 3.8) is 0 Å². The third kappa shape index (κ3) is 7.33. The van der Waals surface area contributed by atoms with Crippen LogP contribution in [0.25, 0.3) is 0 Å². The van der Waals surface area contributed by atoms with Gasteiger partial charge in [0.2, 0.25) is 10.0 Å². The van der Waals surface area contributed by atoms with Crippen LogP contribution in [-0.2, 0) is 21.3 Å². The molecule has 2 heterocycles. The Labute approximate surface area is 197 Å². The lowest BCUT2D eigenvalue weighted by Crippen LogP contribution is -2.44. The van der Waals surface area contributed by atoms with E-state index in [4.69, 9.17) is 4.74 Å². The van der Waals surface area contributed by atoms with Crippen LogP contribution >= 0.6 is 24.0 Å². The fraction of sp³-hybridized carbons (Fsp3) is 0.650. The SMILES string of the molecule is CCNC(=NCc1ccc(S(=O)(=O)N2CCCC2)cc1)NCCN1CCOCC1.I. The van der Waals surface area contributed by atoms with Gasteiger partial charge in [0.05, 0.1) is 24.7 Å². The van der Waals surface area contributed by atoms with E-state index in [-0.39, 0.29) is 24.0 Å². The zero-order valence-electron chi connectivity index (χ0n) is 17.7. The fourth-order valence-electron chi connectivity index (χ4n) is 3.51. The number of hydrogen-bond donors (Lipinski definition) is 2. The molecule has 2 fully saturated rings. The Bertz CT molecular complexity index is 761. The van der Waals surface area contributed by atoms with Crippen molar-refractivity contribution >= 4 is 40.0 Å². The Morgan fingerprint density at radius 2 is 1.73 bits per heavy atom. The van der Waals surface area contributed by atoms with Gasteiger partial charge in [0.25, 0.3) is 0 Å². The van der Waals surface area contributed by atoms with Gasteiger partial charge in [-0.25, -0.2) is 13.4 Å². The molecule has 2 N–H and O–H groups in total. The lowest BCUT2D eigenvalue weighted by Gasteiger charge is -2.26. The molecule has 0 bridgehead atoms. The molecule has 30 heavy (non-hydrogen) atoms. The van der Waals surface area contributed by atoms with Crippen molar-refractivity contribution in [2.24, 2.45) is 4.99 Å². The Hall–Kier alpha value is -0.950. The first kappa shape index (κ1) is 25.3. The van der Waals surface area contributed by atoms with E-state index in [0.717, 1.165) is 70.3 Å². The maximum Gasteiger partial charge on any atom is 0.243 e. The van der Waals surface area contributed by atoms with Gasteiger partial charge in [0, 0.05) is 45.8 Å². The van der Waals surface area contributed by atoms with Crippen LogP contribution in [0.5, 0.6) is 0 Å². The van der Waals surface area contributed by atoms with Crippen molar-refractivity contribution in [2.45, 2.75) is 31.2 Å². The predicted octanol–water partition coefficient (Wildman–Crippen LogP) is 1.48. The third-order valence-corrected chi connectivity index (χ3v) is 7.13. The highest BCUT2D eigenvalue weighted by Crippen LogP contribution is 2.21. The topological polar surface area (TPSA) is 86.3 Å². The number of guanidine groups is 1. The van der Waals surface area contributed by atoms with Crippen LogP contribution in [0.2, 0.25) is 0 Å². The molecule has 1 aromatic carbocycles. The van der Waals surface area contributed by atoms with E-state index >= 15 is 0 Å². The molecule has 2 saturated heterocycles. The average molecular weight is 551 g/mol. The number of hydrogen-bond acceptors (Lipinski definition) is 5. The molecule has 3 rings (SSSR count). The summed E-state index contributed by atoms with van der Waals surface area (Å²) in [5.41, 5.74) is 0.982. The van der Waals surface area contributed by atoms with Gasteiger partial charge in [-0.3, -0.25) is 4.90 Å². The van der Waals surface area contributed by atoms with E-state index in [1.807, 2.05) is 19.1 Å². The van der Waals surface area contributed by atoms with Crippen LogP contribution < -0.4 is 10.6 Å². The van der Waals surface area contributed by atoms with Crippen molar-refractivity contribution in [3.8, 4) is 0 Å². The zero-order valence-corrected chi connectivity index (χ0v) is 20.8. The number of benzene rings is 1. The number of nitrogens with one attached hydrogen (secondary N) is 2. The lowest BCUT2D eigenvalue weighted by molar-refractivity contribution is 0.0389. The van der Waals surface area contributed by atoms with Gasteiger partial charge < -0.3 is 15.4 Å². The molecule has 2 aliphatic heterocycles. The molecule has 0 aliphatic carbocycles. The first-order valence-electron chi connectivity index (χ1n) is 10.5. The number of sulfonamides is 1. The molecule has 170 valence electrons. The lowest BCUT2D eigenvalue weighted by atomic mass is 10.2. The Morgan fingerprint density at radius 3 is 2.37 bits per heavy atom. The highest BCUT2D eigenvalue weighted by Gasteiger charge is 2.26. The molecule has 8 nitrogen and oxygen atoms in total. The molecular weight excluding hydrogens is 517 g/mol. The van der Waals surface area contributed by atoms with Crippen LogP contribution in [0.3, 0.4) is 0 Å². The van der Waals surface area contributed by atoms with E-state index in [1.165, 1.54) is 0 Å². The van der Waals surface area contributed by atoms with E-state index in [0.29, 0.717) is 24.5 Å². The molecule has 0 unspecified atom stereocenters. The normalized spacial score (nSPS) is 18.8. The second-order valence-electron chi connectivity index (χ2n) is 7.33. The maximum absolute atomic E-state index is 12.6. The molecule has 0 saturated carbocycles. The van der Waals surface area contributed by atoms with Crippen LogP contribution in [-0.4, -0.2) is 82.6 Å². The van der Waals surface area contributed by atoms with Gasteiger partial charge in [-0.2, -0.15) is 4.31 Å². The molecule has 0 amide bonds. The second-order valence-corrected chi connectivity index (χ2v) is 9.27. The van der Waals surface area contributed by atoms with Gasteiger partial charge in [0.15, 0.2) is 5.96 Å². The smallest absolute Gasteiger partial charge is 0.243 e. The van der Waals surface area contributed by atoms with Gasteiger partial charge in [0.1, 0.15) is 0 Å². The fourth-order valence-corrected chi connectivity index (χ4v) is 5.03. The largest absolute Gasteiger partial charge is 0.379 e. The standard InChI is InChI=1S/C20H33N5O3S.HI/c1-2-21-20(22-9-12-24-13-15-28-16-14-24)23-17-18-5-7-19(8-6-18)29(26,27)25-10-3-4-11-25;/h5-8H,2-4,9-17H2,1H3,(H2,21,22,23);1H. The number of halogens is 1. The summed E-state index contributed by atoms with van der Waals surface area (Å²) >= 11 is 0. The number of aliphatic imine (C=N–C) groups is 1. The monoisotopic (exact) mass is 551 g/mol. The summed E-state index contributed by atoms with van der Waals surface area (Å²) in [6.45, 7) is 9.90. The highest BCUT2D eigenvalue weighted by atomic mass is 127. The minimum Gasteiger partial charge on any atom is -0.379 e. The Morgan fingerprint density at radius 1 is 1.07 bits per heavy atom. The maximum atomic E-state index is 12.6. The van der Waals surface area contributed by atoms with E-state index in [1.54, 1.807) is 16.4 Å². The summed E-state index contributed by atoms with van der Waals surface area (Å²) in [5.74, 6) is 0.773. The molecule has 0 radical (unpaired) electrons. The first-order valence-corrected chi connectivity index (χ1v) is 11.9. The summed E-state index contributed by atoms with van der Waals surface area (Å²) in [4.78, 5) is 7.37. The quantitative estimate of drug-likeness (QED) is 0.289. The minimum atomic E-state index is -3.36. The summed E-state index contributed by atoms with van der Waals surface area (Å²) in [7, 11) is -3.36. The number of rotatable bonds is 8. The number of morpholine rings is 1. The molecule has 0 spiro atoms. The molecule has 1 aromatic rings. The van der Waals surface area contributed by atoms with Crippen molar-refractivity contribution in [2.75, 3.05) is 59.0 Å². The van der Waals surface area contributed by atoms with Gasteiger partial charge in [-0.15, -0.1) is 24.0 Å². The second kappa shape index (κ2) is 12.8. The third-order valence-electron chi connectivity index (χ3n) is 5.21. The van der Waals surface area contributed by atoms with Crippen LogP contribution in [0.15, 0.2) is 34.2 Å². The highest BCUT2D eigenvalue weighted by molar-refractivity contribution is 14.0. The molecule has 0 aromatic heterocycles. The van der Waals surface area contributed by atoms with Crippen molar-refractivity contribution in [1.82, 2.24) is 19.8 Å². The number of ether oxygens (including phenoxy) is 1. The average Bonchev–Trinajstić information content (AvgIpc) is 3.29. The molecule has 10 heteroatoms. The summed E-state index contributed by atoms with van der Waals surface area (Å²) in [6.07, 6.45) is 1.88. The summed E-state index contributed by atoms with van der Waals surface area (Å²) < 4.78 is 32.2. The van der Waals surface area contributed by atoms with Crippen LogP contribution in [0.4, 0.5) is 0 Å². The zero-order chi connectivity index (χ0) is 20.5. The van der Waals surface area contributed by atoms with Crippen molar-refractivity contribution < 1.29 is 13.2 Å². The van der Waals surface area contributed by atoms with Crippen molar-refractivity contribution in [3.05, 3.63) is 29.8 Å². The van der Waals surface area contributed by atoms with Gasteiger partial charge in [-0.1, -0.05) is 12.1 Å². The van der Waals surface area contributed by atoms with Crippen molar-refractivity contribution in [1.29, 1.82) is 0 Å². The summed E-state index contributed by atoms with van der Waals surface area (Å²) in [6, 6.07) is 7.09. The Balaban J connectivity index is 0.00000320. The van der Waals surface area contributed by atoms with E-state index in [2.05, 4.69) is 20.5 Å². The summed E-state index contributed by atoms with van der Waals surface area (Å²) in [5, 5.41) is 6.62. The van der Waals surface area contributed by atoms with Crippen LogP contribution in [0, 0.1) is 0 Å². The predicted molar refractivity (Wildman–Crippen MR) is 130 cm³/mol. The van der Waals surface area contributed by atoms with Gasteiger partial charge in [-0.05, 0) is 37.5 Å². The molecule has 0 atom stereocenters. The Kier molecular flexibility index (Phi) is 10.8. The molecular formula is C20H34IN5O3S. The molecule has 2 aliphatic rings. The number of nitrogens with zero attached hydrogens (tertiary/aromatic N) is 3. The van der Waals surface area contributed by atoms with E-state index < -0.39 is 10.0 Å². The van der Waals surface area contributed by atoms with E-state index in [9.17, 15) is 8.42 Å². The minimum absolute atomic E-state index is 0.